The molecule has 0 spiro atoms. The van der Waals surface area contributed by atoms with Crippen molar-refractivity contribution in [2.24, 2.45) is 0 Å². The molecule has 1 aliphatic heterocycles. The van der Waals surface area contributed by atoms with Crippen LogP contribution in [0.2, 0.25) is 0 Å². The molecule has 1 fully saturated rings. The van der Waals surface area contributed by atoms with Gasteiger partial charge in [-0.15, -0.1) is 0 Å². The second-order valence-corrected chi connectivity index (χ2v) is 5.88. The van der Waals surface area contributed by atoms with E-state index in [2.05, 4.69) is 20.8 Å². The minimum absolute atomic E-state index is 0.254. The second kappa shape index (κ2) is 12.3. The molecule has 5 heteroatoms. The number of hydrogen-bond acceptors (Lipinski definition) is 5. The number of aliphatic hydroxyl groups is 1. The quantitative estimate of drug-likeness (QED) is 0.529. The van der Waals surface area contributed by atoms with E-state index in [0.717, 1.165) is 45.1 Å². The minimum Gasteiger partial charge on any atom is -0.385 e. The summed E-state index contributed by atoms with van der Waals surface area (Å²) < 4.78 is 22.9. The summed E-state index contributed by atoms with van der Waals surface area (Å²) in [5, 5.41) is 10.4. The van der Waals surface area contributed by atoms with Crippen molar-refractivity contribution in [1.29, 1.82) is 0 Å². The lowest BCUT2D eigenvalue weighted by molar-refractivity contribution is -0.172. The second-order valence-electron chi connectivity index (χ2n) is 5.88. The molecular formula is C17H34O5. The standard InChI is InChI=1S/C17H34O5/c1-4-7-10-19-13-14-16(20-11-8-5-2)15(18)17(22-14)21-12-9-6-3/h14-18H,4-13H2,1-3H3/t14-,15?,16+,17+/m1/s1. The molecule has 0 aliphatic carbocycles. The van der Waals surface area contributed by atoms with Gasteiger partial charge in [0, 0.05) is 19.8 Å². The molecule has 0 aromatic rings. The summed E-state index contributed by atoms with van der Waals surface area (Å²) in [5.41, 5.74) is 0. The SMILES string of the molecule is CCCCOC[C@H]1O[C@H](OCCCC)C(O)[C@H]1OCCCC. The Kier molecular flexibility index (Phi) is 11.1. The number of unbranched alkanes of at least 4 members (excludes halogenated alkanes) is 3. The lowest BCUT2D eigenvalue weighted by atomic mass is 10.1. The van der Waals surface area contributed by atoms with E-state index in [9.17, 15) is 5.11 Å². The molecule has 0 amide bonds. The van der Waals surface area contributed by atoms with E-state index in [0.29, 0.717) is 19.8 Å². The summed E-state index contributed by atoms with van der Waals surface area (Å²) in [5.74, 6) is 0. The Morgan fingerprint density at radius 2 is 1.45 bits per heavy atom. The Morgan fingerprint density at radius 1 is 0.864 bits per heavy atom. The Balaban J connectivity index is 2.44. The van der Waals surface area contributed by atoms with Gasteiger partial charge in [0.1, 0.15) is 18.3 Å². The lowest BCUT2D eigenvalue weighted by Gasteiger charge is -2.20. The molecule has 132 valence electrons. The topological polar surface area (TPSA) is 57.2 Å². The number of aliphatic hydroxyl groups excluding tert-OH is 1. The molecule has 0 saturated carbocycles. The van der Waals surface area contributed by atoms with Gasteiger partial charge in [0.2, 0.25) is 0 Å². The number of rotatable bonds is 13. The van der Waals surface area contributed by atoms with E-state index in [1.54, 1.807) is 0 Å². The van der Waals surface area contributed by atoms with E-state index in [1.165, 1.54) is 0 Å². The monoisotopic (exact) mass is 318 g/mol. The van der Waals surface area contributed by atoms with E-state index < -0.39 is 12.4 Å². The molecular weight excluding hydrogens is 284 g/mol. The van der Waals surface area contributed by atoms with Gasteiger partial charge in [-0.25, -0.2) is 0 Å². The van der Waals surface area contributed by atoms with Crippen LogP contribution in [0.3, 0.4) is 0 Å². The third-order valence-corrected chi connectivity index (χ3v) is 3.80. The fraction of sp³-hybridized carbons (Fsp3) is 1.00. The molecule has 1 saturated heterocycles. The van der Waals surface area contributed by atoms with Crippen LogP contribution in [0, 0.1) is 0 Å². The van der Waals surface area contributed by atoms with Crippen molar-refractivity contribution in [3.8, 4) is 0 Å². The molecule has 4 atom stereocenters. The van der Waals surface area contributed by atoms with Crippen LogP contribution in [0.4, 0.5) is 0 Å². The number of ether oxygens (including phenoxy) is 4. The van der Waals surface area contributed by atoms with Gasteiger partial charge < -0.3 is 24.1 Å². The van der Waals surface area contributed by atoms with Crippen molar-refractivity contribution in [3.05, 3.63) is 0 Å². The third kappa shape index (κ3) is 6.92. The predicted molar refractivity (Wildman–Crippen MR) is 85.9 cm³/mol. The highest BCUT2D eigenvalue weighted by molar-refractivity contribution is 4.88. The first-order valence-electron chi connectivity index (χ1n) is 8.89. The fourth-order valence-electron chi connectivity index (χ4n) is 2.34. The largest absolute Gasteiger partial charge is 0.385 e. The van der Waals surface area contributed by atoms with Crippen LogP contribution in [0.25, 0.3) is 0 Å². The van der Waals surface area contributed by atoms with E-state index in [-0.39, 0.29) is 12.2 Å². The van der Waals surface area contributed by atoms with Gasteiger partial charge in [0.15, 0.2) is 6.29 Å². The average molecular weight is 318 g/mol. The molecule has 1 N–H and O–H groups in total. The molecule has 5 nitrogen and oxygen atoms in total. The Morgan fingerprint density at radius 3 is 2.09 bits per heavy atom. The first-order valence-corrected chi connectivity index (χ1v) is 8.89. The Hall–Kier alpha value is -0.200. The van der Waals surface area contributed by atoms with Crippen LogP contribution in [0.15, 0.2) is 0 Å². The Labute approximate surface area is 135 Å². The number of hydrogen-bond donors (Lipinski definition) is 1. The highest BCUT2D eigenvalue weighted by atomic mass is 16.7. The molecule has 1 unspecified atom stereocenters. The van der Waals surface area contributed by atoms with E-state index >= 15 is 0 Å². The fourth-order valence-corrected chi connectivity index (χ4v) is 2.34. The van der Waals surface area contributed by atoms with E-state index in [4.69, 9.17) is 18.9 Å². The van der Waals surface area contributed by atoms with Crippen molar-refractivity contribution >= 4 is 0 Å². The molecule has 22 heavy (non-hydrogen) atoms. The van der Waals surface area contributed by atoms with Crippen LogP contribution < -0.4 is 0 Å². The zero-order valence-electron chi connectivity index (χ0n) is 14.5. The summed E-state index contributed by atoms with van der Waals surface area (Å²) in [6, 6.07) is 0. The smallest absolute Gasteiger partial charge is 0.186 e. The van der Waals surface area contributed by atoms with Crippen molar-refractivity contribution in [2.45, 2.75) is 83.9 Å². The molecule has 0 bridgehead atoms. The van der Waals surface area contributed by atoms with Gasteiger partial charge in [0.25, 0.3) is 0 Å². The molecule has 1 aliphatic rings. The van der Waals surface area contributed by atoms with Gasteiger partial charge in [-0.3, -0.25) is 0 Å². The highest BCUT2D eigenvalue weighted by Crippen LogP contribution is 2.26. The Bertz CT molecular complexity index is 261. The zero-order chi connectivity index (χ0) is 16.2. The molecule has 0 aromatic carbocycles. The van der Waals surface area contributed by atoms with Gasteiger partial charge in [-0.1, -0.05) is 40.0 Å². The van der Waals surface area contributed by atoms with Crippen LogP contribution in [0.5, 0.6) is 0 Å². The van der Waals surface area contributed by atoms with Crippen molar-refractivity contribution in [2.75, 3.05) is 26.4 Å². The van der Waals surface area contributed by atoms with Crippen LogP contribution >= 0.6 is 0 Å². The maximum Gasteiger partial charge on any atom is 0.186 e. The maximum atomic E-state index is 10.4. The summed E-state index contributed by atoms with van der Waals surface area (Å²) in [6.07, 6.45) is 4.25. The van der Waals surface area contributed by atoms with Gasteiger partial charge in [-0.2, -0.15) is 0 Å². The summed E-state index contributed by atoms with van der Waals surface area (Å²) in [6.45, 7) is 8.76. The minimum atomic E-state index is -0.742. The molecule has 0 aromatic heterocycles. The summed E-state index contributed by atoms with van der Waals surface area (Å²) >= 11 is 0. The van der Waals surface area contributed by atoms with Crippen molar-refractivity contribution < 1.29 is 24.1 Å². The van der Waals surface area contributed by atoms with Crippen molar-refractivity contribution in [1.82, 2.24) is 0 Å². The van der Waals surface area contributed by atoms with E-state index in [1.807, 2.05) is 0 Å². The predicted octanol–water partition coefficient (Wildman–Crippen LogP) is 2.89. The molecule has 1 rings (SSSR count). The lowest BCUT2D eigenvalue weighted by Crippen LogP contribution is -2.38. The van der Waals surface area contributed by atoms with Crippen LogP contribution in [-0.4, -0.2) is 56.1 Å². The van der Waals surface area contributed by atoms with Crippen LogP contribution in [-0.2, 0) is 18.9 Å². The van der Waals surface area contributed by atoms with Crippen molar-refractivity contribution in [3.63, 3.8) is 0 Å². The maximum absolute atomic E-state index is 10.4. The highest BCUT2D eigenvalue weighted by Gasteiger charge is 2.45. The van der Waals surface area contributed by atoms with Crippen LogP contribution in [0.1, 0.15) is 59.3 Å². The summed E-state index contributed by atoms with van der Waals surface area (Å²) in [4.78, 5) is 0. The molecule has 1 heterocycles. The van der Waals surface area contributed by atoms with Gasteiger partial charge in [-0.05, 0) is 19.3 Å². The normalized spacial score (nSPS) is 28.4. The first-order chi connectivity index (χ1) is 10.7. The first kappa shape index (κ1) is 19.8. The molecule has 0 radical (unpaired) electrons. The van der Waals surface area contributed by atoms with Gasteiger partial charge >= 0.3 is 0 Å². The van der Waals surface area contributed by atoms with Gasteiger partial charge in [0.05, 0.1) is 6.61 Å². The third-order valence-electron chi connectivity index (χ3n) is 3.80. The average Bonchev–Trinajstić information content (AvgIpc) is 2.81. The summed E-state index contributed by atoms with van der Waals surface area (Å²) in [7, 11) is 0. The zero-order valence-corrected chi connectivity index (χ0v) is 14.5.